The number of aryl methyl sites for hydroxylation is 1. The molecule has 13 heavy (non-hydrogen) atoms. The van der Waals surface area contributed by atoms with E-state index in [2.05, 4.69) is 4.98 Å². The molecule has 0 radical (unpaired) electrons. The first-order chi connectivity index (χ1) is 6.00. The van der Waals surface area contributed by atoms with Crippen LogP contribution in [-0.2, 0) is 12.1 Å². The van der Waals surface area contributed by atoms with Gasteiger partial charge in [0.25, 0.3) is 0 Å². The van der Waals surface area contributed by atoms with Crippen molar-refractivity contribution in [1.82, 2.24) is 9.55 Å². The van der Waals surface area contributed by atoms with Gasteiger partial charge in [-0.05, 0) is 19.8 Å². The molecule has 3 nitrogen and oxygen atoms in total. The molecule has 74 valence electrons. The number of aromatic nitrogens is 2. The van der Waals surface area contributed by atoms with E-state index in [-0.39, 0.29) is 5.92 Å². The summed E-state index contributed by atoms with van der Waals surface area (Å²) < 4.78 is 1.97. The number of hydrogen-bond donors (Lipinski definition) is 1. The molecule has 1 rings (SSSR count). The normalized spacial score (nSPS) is 16.2. The Kier molecular flexibility index (Phi) is 2.76. The van der Waals surface area contributed by atoms with Gasteiger partial charge in [0.2, 0.25) is 0 Å². The minimum Gasteiger partial charge on any atom is -0.382 e. The highest BCUT2D eigenvalue weighted by Crippen LogP contribution is 2.27. The lowest BCUT2D eigenvalue weighted by molar-refractivity contribution is -0.00266. The van der Waals surface area contributed by atoms with Crippen LogP contribution < -0.4 is 0 Å². The summed E-state index contributed by atoms with van der Waals surface area (Å²) in [5.41, 5.74) is -0.834. The maximum absolute atomic E-state index is 10.2. The highest BCUT2D eigenvalue weighted by atomic mass is 16.3. The van der Waals surface area contributed by atoms with Crippen molar-refractivity contribution in [2.75, 3.05) is 0 Å². The standard InChI is InChI=1S/C10H18N2O/c1-5-12-7-6-11-9(12)10(4,13)8(2)3/h6-8,13H,5H2,1-4H3. The summed E-state index contributed by atoms with van der Waals surface area (Å²) in [7, 11) is 0. The molecule has 0 saturated heterocycles. The largest absolute Gasteiger partial charge is 0.382 e. The van der Waals surface area contributed by atoms with Crippen LogP contribution in [0.1, 0.15) is 33.5 Å². The fourth-order valence-corrected chi connectivity index (χ4v) is 1.26. The third-order valence-corrected chi connectivity index (χ3v) is 2.63. The highest BCUT2D eigenvalue weighted by molar-refractivity contribution is 5.04. The quantitative estimate of drug-likeness (QED) is 0.773. The highest BCUT2D eigenvalue weighted by Gasteiger charge is 2.31. The van der Waals surface area contributed by atoms with E-state index in [1.54, 1.807) is 6.20 Å². The minimum atomic E-state index is -0.834. The molecule has 3 heteroatoms. The van der Waals surface area contributed by atoms with Gasteiger partial charge in [0.05, 0.1) is 0 Å². The van der Waals surface area contributed by atoms with E-state index >= 15 is 0 Å². The maximum Gasteiger partial charge on any atom is 0.140 e. The van der Waals surface area contributed by atoms with Crippen LogP contribution in [0.3, 0.4) is 0 Å². The van der Waals surface area contributed by atoms with Gasteiger partial charge in [-0.2, -0.15) is 0 Å². The predicted molar refractivity (Wildman–Crippen MR) is 52.3 cm³/mol. The zero-order valence-corrected chi connectivity index (χ0v) is 8.78. The van der Waals surface area contributed by atoms with Crippen molar-refractivity contribution in [3.63, 3.8) is 0 Å². The molecule has 0 aliphatic carbocycles. The van der Waals surface area contributed by atoms with E-state index in [1.165, 1.54) is 0 Å². The van der Waals surface area contributed by atoms with Crippen LogP contribution in [0.25, 0.3) is 0 Å². The molecule has 0 aromatic carbocycles. The van der Waals surface area contributed by atoms with Crippen LogP contribution in [0.2, 0.25) is 0 Å². The van der Waals surface area contributed by atoms with Gasteiger partial charge in [-0.1, -0.05) is 13.8 Å². The summed E-state index contributed by atoms with van der Waals surface area (Å²) in [4.78, 5) is 4.19. The van der Waals surface area contributed by atoms with Gasteiger partial charge in [0.1, 0.15) is 11.4 Å². The average molecular weight is 182 g/mol. The first-order valence-electron chi connectivity index (χ1n) is 4.74. The summed E-state index contributed by atoms with van der Waals surface area (Å²) in [5, 5.41) is 10.2. The number of hydrogen-bond acceptors (Lipinski definition) is 2. The van der Waals surface area contributed by atoms with Gasteiger partial charge in [-0.15, -0.1) is 0 Å². The lowest BCUT2D eigenvalue weighted by Crippen LogP contribution is -2.31. The Morgan fingerprint density at radius 1 is 1.62 bits per heavy atom. The number of aliphatic hydroxyl groups is 1. The van der Waals surface area contributed by atoms with Crippen molar-refractivity contribution in [2.24, 2.45) is 5.92 Å². The number of rotatable bonds is 3. The molecule has 0 spiro atoms. The van der Waals surface area contributed by atoms with Gasteiger partial charge in [0, 0.05) is 18.9 Å². The zero-order chi connectivity index (χ0) is 10.1. The van der Waals surface area contributed by atoms with Crippen LogP contribution in [0.5, 0.6) is 0 Å². The minimum absolute atomic E-state index is 0.167. The van der Waals surface area contributed by atoms with E-state index < -0.39 is 5.60 Å². The molecule has 0 saturated carbocycles. The molecule has 1 aromatic rings. The SMILES string of the molecule is CCn1ccnc1C(C)(O)C(C)C. The first kappa shape index (κ1) is 10.3. The topological polar surface area (TPSA) is 38.0 Å². The van der Waals surface area contributed by atoms with Gasteiger partial charge in [-0.25, -0.2) is 4.98 Å². The molecule has 1 atom stereocenters. The Hall–Kier alpha value is -0.830. The van der Waals surface area contributed by atoms with Crippen LogP contribution in [0, 0.1) is 5.92 Å². The molecular formula is C10H18N2O. The molecule has 1 heterocycles. The summed E-state index contributed by atoms with van der Waals surface area (Å²) >= 11 is 0. The van der Waals surface area contributed by atoms with Crippen LogP contribution >= 0.6 is 0 Å². The molecule has 1 N–H and O–H groups in total. The lowest BCUT2D eigenvalue weighted by atomic mass is 9.91. The third kappa shape index (κ3) is 1.75. The molecule has 1 aromatic heterocycles. The van der Waals surface area contributed by atoms with Crippen molar-refractivity contribution in [1.29, 1.82) is 0 Å². The van der Waals surface area contributed by atoms with E-state index in [1.807, 2.05) is 38.5 Å². The van der Waals surface area contributed by atoms with Crippen LogP contribution in [-0.4, -0.2) is 14.7 Å². The molecule has 0 aliphatic rings. The zero-order valence-electron chi connectivity index (χ0n) is 8.78. The Morgan fingerprint density at radius 3 is 2.69 bits per heavy atom. The summed E-state index contributed by atoms with van der Waals surface area (Å²) in [6.07, 6.45) is 3.63. The second kappa shape index (κ2) is 3.50. The summed E-state index contributed by atoms with van der Waals surface area (Å²) in [6, 6.07) is 0. The Bertz CT molecular complexity index is 276. The lowest BCUT2D eigenvalue weighted by Gasteiger charge is -2.27. The first-order valence-corrected chi connectivity index (χ1v) is 4.74. The fraction of sp³-hybridized carbons (Fsp3) is 0.700. The van der Waals surface area contributed by atoms with Crippen molar-refractivity contribution < 1.29 is 5.11 Å². The number of imidazole rings is 1. The molecular weight excluding hydrogens is 164 g/mol. The van der Waals surface area contributed by atoms with Gasteiger partial charge < -0.3 is 9.67 Å². The maximum atomic E-state index is 10.2. The van der Waals surface area contributed by atoms with E-state index in [0.717, 1.165) is 12.4 Å². The molecule has 0 bridgehead atoms. The van der Waals surface area contributed by atoms with Crippen LogP contribution in [0.4, 0.5) is 0 Å². The van der Waals surface area contributed by atoms with E-state index in [4.69, 9.17) is 0 Å². The molecule has 1 unspecified atom stereocenters. The third-order valence-electron chi connectivity index (χ3n) is 2.63. The summed E-state index contributed by atoms with van der Waals surface area (Å²) in [6.45, 7) is 8.69. The smallest absolute Gasteiger partial charge is 0.140 e. The van der Waals surface area contributed by atoms with Crippen LogP contribution in [0.15, 0.2) is 12.4 Å². The average Bonchev–Trinajstić information content (AvgIpc) is 2.51. The van der Waals surface area contributed by atoms with Gasteiger partial charge in [0.15, 0.2) is 0 Å². The summed E-state index contributed by atoms with van der Waals surface area (Å²) in [5.74, 6) is 0.921. The molecule has 0 fully saturated rings. The van der Waals surface area contributed by atoms with Gasteiger partial charge >= 0.3 is 0 Å². The van der Waals surface area contributed by atoms with Gasteiger partial charge in [-0.3, -0.25) is 0 Å². The second-order valence-electron chi connectivity index (χ2n) is 3.84. The van der Waals surface area contributed by atoms with Crippen molar-refractivity contribution in [2.45, 2.75) is 39.8 Å². The van der Waals surface area contributed by atoms with Crippen molar-refractivity contribution in [3.8, 4) is 0 Å². The van der Waals surface area contributed by atoms with Crippen molar-refractivity contribution >= 4 is 0 Å². The fourth-order valence-electron chi connectivity index (χ4n) is 1.26. The molecule has 0 amide bonds. The Labute approximate surface area is 79.4 Å². The Balaban J connectivity index is 3.06. The monoisotopic (exact) mass is 182 g/mol. The Morgan fingerprint density at radius 2 is 2.23 bits per heavy atom. The van der Waals surface area contributed by atoms with Crippen molar-refractivity contribution in [3.05, 3.63) is 18.2 Å². The second-order valence-corrected chi connectivity index (χ2v) is 3.84. The van der Waals surface area contributed by atoms with E-state index in [9.17, 15) is 5.11 Å². The predicted octanol–water partition coefficient (Wildman–Crippen LogP) is 1.77. The number of nitrogens with zero attached hydrogens (tertiary/aromatic N) is 2. The molecule has 0 aliphatic heterocycles. The van der Waals surface area contributed by atoms with E-state index in [0.29, 0.717) is 0 Å².